The highest BCUT2D eigenvalue weighted by Gasteiger charge is 2.21. The average Bonchev–Trinajstić information content (AvgIpc) is 2.90. The van der Waals surface area contributed by atoms with Crippen molar-refractivity contribution in [2.24, 2.45) is 4.99 Å². The molecule has 176 valence electrons. The van der Waals surface area contributed by atoms with E-state index in [2.05, 4.69) is 4.99 Å². The van der Waals surface area contributed by atoms with Crippen LogP contribution in [0.2, 0.25) is 0 Å². The fraction of sp³-hybridized carbons (Fsp3) is 0.207. The summed E-state index contributed by atoms with van der Waals surface area (Å²) in [6.07, 6.45) is 4.71. The summed E-state index contributed by atoms with van der Waals surface area (Å²) in [5.74, 6) is -0.225. The highest BCUT2D eigenvalue weighted by atomic mass is 16.3. The van der Waals surface area contributed by atoms with E-state index in [0.717, 1.165) is 37.9 Å². The second-order valence-corrected chi connectivity index (χ2v) is 8.89. The minimum atomic E-state index is -0.306. The predicted molar refractivity (Wildman–Crippen MR) is 139 cm³/mol. The maximum absolute atomic E-state index is 13.3. The van der Waals surface area contributed by atoms with Crippen LogP contribution in [0.3, 0.4) is 0 Å². The van der Waals surface area contributed by atoms with Gasteiger partial charge in [0.15, 0.2) is 0 Å². The van der Waals surface area contributed by atoms with Crippen LogP contribution >= 0.6 is 0 Å². The standard InChI is InChI=1S/C29H27N3O3/c1-20-13-15-21(16-14-20)32-28(34)23-10-4-3-9-22(23)25(29(32)35)19-30-26-12-6-5-11-24(26)27(33)31-17-7-2-8-18-31/h3-6,9-16,19,35H,2,7-8,17-18H2,1H3. The van der Waals surface area contributed by atoms with Gasteiger partial charge in [-0.25, -0.2) is 4.57 Å². The van der Waals surface area contributed by atoms with Gasteiger partial charge in [0.05, 0.1) is 22.5 Å². The van der Waals surface area contributed by atoms with Gasteiger partial charge in [0.2, 0.25) is 5.88 Å². The summed E-state index contributed by atoms with van der Waals surface area (Å²) < 4.78 is 1.30. The Morgan fingerprint density at radius 2 is 1.54 bits per heavy atom. The molecule has 0 unspecified atom stereocenters. The first kappa shape index (κ1) is 22.6. The molecule has 0 radical (unpaired) electrons. The Hall–Kier alpha value is -4.19. The van der Waals surface area contributed by atoms with Gasteiger partial charge < -0.3 is 10.0 Å². The summed E-state index contributed by atoms with van der Waals surface area (Å²) >= 11 is 0. The highest BCUT2D eigenvalue weighted by Crippen LogP contribution is 2.28. The summed E-state index contributed by atoms with van der Waals surface area (Å²) in [5, 5.41) is 12.3. The fourth-order valence-electron chi connectivity index (χ4n) is 4.59. The molecule has 1 aliphatic heterocycles. The number of carbonyl (C=O) groups excluding carboxylic acids is 1. The van der Waals surface area contributed by atoms with Crippen molar-refractivity contribution < 1.29 is 9.90 Å². The predicted octanol–water partition coefficient (Wildman–Crippen LogP) is 5.38. The minimum absolute atomic E-state index is 0.0313. The van der Waals surface area contributed by atoms with Crippen LogP contribution in [0.5, 0.6) is 5.88 Å². The van der Waals surface area contributed by atoms with Crippen molar-refractivity contribution in [3.63, 3.8) is 0 Å². The first-order valence-electron chi connectivity index (χ1n) is 11.9. The molecule has 1 aliphatic rings. The van der Waals surface area contributed by atoms with Crippen molar-refractivity contribution in [1.82, 2.24) is 9.47 Å². The molecule has 0 bridgehead atoms. The van der Waals surface area contributed by atoms with Crippen LogP contribution in [0.1, 0.15) is 40.7 Å². The SMILES string of the molecule is Cc1ccc(-n2c(O)c(C=Nc3ccccc3C(=O)N3CCCCC3)c3ccccc3c2=O)cc1. The number of aliphatic imine (C=N–C) groups is 1. The van der Waals surface area contributed by atoms with Gasteiger partial charge in [-0.1, -0.05) is 48.0 Å². The average molecular weight is 466 g/mol. The number of aromatic hydroxyl groups is 1. The van der Waals surface area contributed by atoms with Gasteiger partial charge in [0, 0.05) is 30.1 Å². The first-order valence-corrected chi connectivity index (χ1v) is 11.9. The zero-order valence-corrected chi connectivity index (χ0v) is 19.6. The van der Waals surface area contributed by atoms with Crippen LogP contribution in [0.15, 0.2) is 82.6 Å². The van der Waals surface area contributed by atoms with E-state index in [9.17, 15) is 14.7 Å². The number of benzene rings is 3. The number of amides is 1. The van der Waals surface area contributed by atoms with E-state index in [1.807, 2.05) is 42.2 Å². The molecular weight excluding hydrogens is 438 g/mol. The van der Waals surface area contributed by atoms with Crippen molar-refractivity contribution in [1.29, 1.82) is 0 Å². The number of fused-ring (bicyclic) bond motifs is 1. The molecule has 0 spiro atoms. The van der Waals surface area contributed by atoms with Gasteiger partial charge in [-0.15, -0.1) is 0 Å². The molecule has 35 heavy (non-hydrogen) atoms. The number of likely N-dealkylation sites (tertiary alicyclic amines) is 1. The number of hydrogen-bond donors (Lipinski definition) is 1. The number of piperidine rings is 1. The van der Waals surface area contributed by atoms with Gasteiger partial charge in [0.1, 0.15) is 0 Å². The molecule has 1 aromatic heterocycles. The molecule has 6 nitrogen and oxygen atoms in total. The minimum Gasteiger partial charge on any atom is -0.494 e. The number of hydrogen-bond acceptors (Lipinski definition) is 4. The molecule has 1 amide bonds. The molecule has 1 saturated heterocycles. The third-order valence-corrected chi connectivity index (χ3v) is 6.51. The monoisotopic (exact) mass is 465 g/mol. The second kappa shape index (κ2) is 9.58. The van der Waals surface area contributed by atoms with Crippen LogP contribution in [0.25, 0.3) is 16.5 Å². The van der Waals surface area contributed by atoms with E-state index in [1.165, 1.54) is 4.57 Å². The van der Waals surface area contributed by atoms with E-state index in [4.69, 9.17) is 0 Å². The van der Waals surface area contributed by atoms with Gasteiger partial charge in [-0.2, -0.15) is 0 Å². The maximum Gasteiger partial charge on any atom is 0.265 e. The van der Waals surface area contributed by atoms with Crippen molar-refractivity contribution >= 4 is 28.6 Å². The Morgan fingerprint density at radius 1 is 0.886 bits per heavy atom. The smallest absolute Gasteiger partial charge is 0.265 e. The maximum atomic E-state index is 13.3. The van der Waals surface area contributed by atoms with Crippen molar-refractivity contribution in [2.45, 2.75) is 26.2 Å². The quantitative estimate of drug-likeness (QED) is 0.411. The lowest BCUT2D eigenvalue weighted by Gasteiger charge is -2.27. The highest BCUT2D eigenvalue weighted by molar-refractivity contribution is 6.04. The largest absolute Gasteiger partial charge is 0.494 e. The normalized spacial score (nSPS) is 14.0. The van der Waals surface area contributed by atoms with Gasteiger partial charge in [-0.3, -0.25) is 14.6 Å². The number of aryl methyl sites for hydroxylation is 1. The van der Waals surface area contributed by atoms with E-state index in [-0.39, 0.29) is 17.3 Å². The van der Waals surface area contributed by atoms with Crippen molar-refractivity contribution in [3.05, 3.63) is 99.8 Å². The Kier molecular flexibility index (Phi) is 6.19. The lowest BCUT2D eigenvalue weighted by molar-refractivity contribution is 0.0725. The molecule has 6 heteroatoms. The Labute approximate surface area is 203 Å². The molecule has 3 aromatic carbocycles. The lowest BCUT2D eigenvalue weighted by Crippen LogP contribution is -2.35. The molecule has 1 fully saturated rings. The van der Waals surface area contributed by atoms with E-state index in [0.29, 0.717) is 33.3 Å². The number of aromatic nitrogens is 1. The fourth-order valence-corrected chi connectivity index (χ4v) is 4.59. The number of para-hydroxylation sites is 1. The third kappa shape index (κ3) is 4.35. The Balaban J connectivity index is 1.63. The molecule has 0 aliphatic carbocycles. The number of carbonyl (C=O) groups is 1. The zero-order chi connectivity index (χ0) is 24.4. The molecule has 0 saturated carbocycles. The summed E-state index contributed by atoms with van der Waals surface area (Å²) in [4.78, 5) is 33.0. The van der Waals surface area contributed by atoms with Crippen LogP contribution in [0, 0.1) is 6.92 Å². The van der Waals surface area contributed by atoms with Crippen molar-refractivity contribution in [3.8, 4) is 11.6 Å². The number of pyridine rings is 1. The molecule has 0 atom stereocenters. The lowest BCUT2D eigenvalue weighted by atomic mass is 10.1. The molecule has 1 N–H and O–H groups in total. The number of rotatable bonds is 4. The molecule has 5 rings (SSSR count). The molecule has 4 aromatic rings. The molecule has 2 heterocycles. The van der Waals surface area contributed by atoms with E-state index in [1.54, 1.807) is 48.7 Å². The summed E-state index contributed by atoms with van der Waals surface area (Å²) in [6.45, 7) is 3.47. The topological polar surface area (TPSA) is 74.9 Å². The van der Waals surface area contributed by atoms with Crippen LogP contribution in [0.4, 0.5) is 5.69 Å². The first-order chi connectivity index (χ1) is 17.0. The zero-order valence-electron chi connectivity index (χ0n) is 19.6. The number of nitrogens with zero attached hydrogens (tertiary/aromatic N) is 3. The second-order valence-electron chi connectivity index (χ2n) is 8.89. The van der Waals surface area contributed by atoms with Crippen LogP contribution < -0.4 is 5.56 Å². The van der Waals surface area contributed by atoms with Crippen molar-refractivity contribution in [2.75, 3.05) is 13.1 Å². The Bertz CT molecular complexity index is 1480. The van der Waals surface area contributed by atoms with Crippen LogP contribution in [-0.2, 0) is 0 Å². The summed E-state index contributed by atoms with van der Waals surface area (Å²) in [7, 11) is 0. The van der Waals surface area contributed by atoms with E-state index >= 15 is 0 Å². The Morgan fingerprint density at radius 3 is 2.29 bits per heavy atom. The third-order valence-electron chi connectivity index (χ3n) is 6.51. The van der Waals surface area contributed by atoms with Gasteiger partial charge >= 0.3 is 0 Å². The molecular formula is C29H27N3O3. The van der Waals surface area contributed by atoms with Gasteiger partial charge in [-0.05, 0) is 56.5 Å². The van der Waals surface area contributed by atoms with Crippen LogP contribution in [-0.4, -0.2) is 39.8 Å². The van der Waals surface area contributed by atoms with Gasteiger partial charge in [0.25, 0.3) is 11.5 Å². The van der Waals surface area contributed by atoms with E-state index < -0.39 is 0 Å². The summed E-state index contributed by atoms with van der Waals surface area (Å²) in [5.41, 5.74) is 2.79. The summed E-state index contributed by atoms with van der Waals surface area (Å²) in [6, 6.07) is 21.8.